The number of nitrogens with two attached hydrogens (primary N) is 1. The number of carbonyl (C=O) groups is 1. The number of guanidine groups is 1. The summed E-state index contributed by atoms with van der Waals surface area (Å²) < 4.78 is 0. The lowest BCUT2D eigenvalue weighted by Crippen LogP contribution is -2.55. The van der Waals surface area contributed by atoms with E-state index in [9.17, 15) is 4.79 Å². The molecule has 0 aromatic rings. The summed E-state index contributed by atoms with van der Waals surface area (Å²) in [5.41, 5.74) is 5.47. The first-order chi connectivity index (χ1) is 13.6. The Morgan fingerprint density at radius 2 is 1.93 bits per heavy atom. The summed E-state index contributed by atoms with van der Waals surface area (Å²) in [6.07, 6.45) is 17.1. The van der Waals surface area contributed by atoms with E-state index in [2.05, 4.69) is 22.1 Å². The molecule has 28 heavy (non-hydrogen) atoms. The number of nitrogens with zero attached hydrogens (tertiary/aromatic N) is 2. The van der Waals surface area contributed by atoms with Gasteiger partial charge in [-0.2, -0.15) is 0 Å². The van der Waals surface area contributed by atoms with Crippen molar-refractivity contribution in [3.8, 4) is 0 Å². The first-order valence-corrected chi connectivity index (χ1v) is 11.8. The number of rotatable bonds is 11. The predicted molar refractivity (Wildman–Crippen MR) is 119 cm³/mol. The van der Waals surface area contributed by atoms with E-state index in [0.717, 1.165) is 38.0 Å². The van der Waals surface area contributed by atoms with Crippen LogP contribution >= 0.6 is 0 Å². The lowest BCUT2D eigenvalue weighted by molar-refractivity contribution is -0.114. The van der Waals surface area contributed by atoms with Gasteiger partial charge in [0.2, 0.25) is 0 Å². The maximum Gasteiger partial charge on any atom is 0.189 e. The molecule has 0 unspecified atom stereocenters. The molecule has 0 spiro atoms. The smallest absolute Gasteiger partial charge is 0.189 e. The first kappa shape index (κ1) is 23.2. The first-order valence-electron chi connectivity index (χ1n) is 11.8. The van der Waals surface area contributed by atoms with Crippen molar-refractivity contribution < 1.29 is 4.79 Å². The van der Waals surface area contributed by atoms with Crippen LogP contribution in [0.15, 0.2) is 4.99 Å². The van der Waals surface area contributed by atoms with Gasteiger partial charge < -0.3 is 20.7 Å². The summed E-state index contributed by atoms with van der Waals surface area (Å²) in [4.78, 5) is 19.0. The second-order valence-corrected chi connectivity index (χ2v) is 9.27. The number of hydrogen-bond acceptors (Lipinski definition) is 3. The molecule has 0 radical (unpaired) electrons. The zero-order valence-corrected chi connectivity index (χ0v) is 18.4. The monoisotopic (exact) mass is 392 g/mol. The molecular formula is C23H44N4O. The summed E-state index contributed by atoms with van der Waals surface area (Å²) >= 11 is 0. The molecule has 1 saturated heterocycles. The minimum Gasteiger partial charge on any atom is -0.370 e. The number of piperidine rings is 1. The number of unbranched alkanes of at least 4 members (excludes halogenated alkanes) is 2. The van der Waals surface area contributed by atoms with E-state index < -0.39 is 5.54 Å². The zero-order chi connectivity index (χ0) is 20.2. The average molecular weight is 393 g/mol. The summed E-state index contributed by atoms with van der Waals surface area (Å²) in [5.74, 6) is 1.72. The highest BCUT2D eigenvalue weighted by atomic mass is 16.1. The highest BCUT2D eigenvalue weighted by Gasteiger charge is 2.35. The average Bonchev–Trinajstić information content (AvgIpc) is 2.73. The van der Waals surface area contributed by atoms with E-state index in [0.29, 0.717) is 11.9 Å². The standard InChI is InChI=1S/C23H44N4O/c1-3-4-8-15-27-16-9-12-21(18-27)17-23(19-28,26-22(24)25-2)14-13-20-10-6-5-7-11-20/h19-21H,3-18H2,1-2H3,(H3,24,25,26)/t21-,23-/m0/s1. The van der Waals surface area contributed by atoms with Gasteiger partial charge in [0.1, 0.15) is 6.29 Å². The largest absolute Gasteiger partial charge is 0.370 e. The highest BCUT2D eigenvalue weighted by molar-refractivity contribution is 5.83. The second kappa shape index (κ2) is 12.5. The predicted octanol–water partition coefficient (Wildman–Crippen LogP) is 4.11. The minimum atomic E-state index is -0.557. The molecule has 2 atom stereocenters. The van der Waals surface area contributed by atoms with E-state index >= 15 is 0 Å². The molecule has 5 nitrogen and oxygen atoms in total. The third kappa shape index (κ3) is 7.73. The maximum absolute atomic E-state index is 12.3. The topological polar surface area (TPSA) is 70.7 Å². The minimum absolute atomic E-state index is 0.395. The SMILES string of the molecule is CCCCCN1CCC[C@@H](C[C@](C=O)(CCC2CCCCC2)NC(N)=NC)C1. The van der Waals surface area contributed by atoms with Crippen LogP contribution in [0.4, 0.5) is 0 Å². The Balaban J connectivity index is 1.97. The van der Waals surface area contributed by atoms with Gasteiger partial charge in [0.15, 0.2) is 5.96 Å². The number of aldehydes is 1. The Morgan fingerprint density at radius 1 is 1.18 bits per heavy atom. The molecule has 0 aromatic heterocycles. The summed E-state index contributed by atoms with van der Waals surface area (Å²) in [7, 11) is 1.69. The summed E-state index contributed by atoms with van der Waals surface area (Å²) in [5, 5.41) is 3.33. The fraction of sp³-hybridized carbons (Fsp3) is 0.913. The zero-order valence-electron chi connectivity index (χ0n) is 18.4. The third-order valence-electron chi connectivity index (χ3n) is 6.90. The summed E-state index contributed by atoms with van der Waals surface area (Å²) in [6, 6.07) is 0. The molecule has 0 amide bonds. The molecule has 3 N–H and O–H groups in total. The molecular weight excluding hydrogens is 348 g/mol. The van der Waals surface area contributed by atoms with E-state index in [4.69, 9.17) is 5.73 Å². The van der Waals surface area contributed by atoms with Crippen molar-refractivity contribution in [2.24, 2.45) is 22.6 Å². The Morgan fingerprint density at radius 3 is 2.61 bits per heavy atom. The van der Waals surface area contributed by atoms with Gasteiger partial charge in [0.05, 0.1) is 5.54 Å². The molecule has 0 aromatic carbocycles. The van der Waals surface area contributed by atoms with Crippen LogP contribution in [0.2, 0.25) is 0 Å². The molecule has 2 fully saturated rings. The van der Waals surface area contributed by atoms with Gasteiger partial charge in [0, 0.05) is 13.6 Å². The van der Waals surface area contributed by atoms with E-state index in [1.54, 1.807) is 7.05 Å². The van der Waals surface area contributed by atoms with E-state index in [1.807, 2.05) is 0 Å². The van der Waals surface area contributed by atoms with Crippen LogP contribution in [-0.4, -0.2) is 49.4 Å². The van der Waals surface area contributed by atoms with Crippen LogP contribution in [0, 0.1) is 11.8 Å². The van der Waals surface area contributed by atoms with E-state index in [1.165, 1.54) is 77.3 Å². The molecule has 2 rings (SSSR count). The van der Waals surface area contributed by atoms with E-state index in [-0.39, 0.29) is 0 Å². The fourth-order valence-corrected chi connectivity index (χ4v) is 5.22. The lowest BCUT2D eigenvalue weighted by atomic mass is 9.77. The van der Waals surface area contributed by atoms with Crippen LogP contribution in [0.5, 0.6) is 0 Å². The number of hydrogen-bond donors (Lipinski definition) is 2. The molecule has 0 bridgehead atoms. The second-order valence-electron chi connectivity index (χ2n) is 9.27. The van der Waals surface area contributed by atoms with Gasteiger partial charge in [0.25, 0.3) is 0 Å². The van der Waals surface area contributed by atoms with Crippen molar-refractivity contribution in [3.63, 3.8) is 0 Å². The van der Waals surface area contributed by atoms with Crippen molar-refractivity contribution >= 4 is 12.2 Å². The van der Waals surface area contributed by atoms with Crippen molar-refractivity contribution in [2.45, 2.75) is 95.9 Å². The third-order valence-corrected chi connectivity index (χ3v) is 6.90. The van der Waals surface area contributed by atoms with Crippen LogP contribution in [-0.2, 0) is 4.79 Å². The van der Waals surface area contributed by atoms with Crippen LogP contribution in [0.3, 0.4) is 0 Å². The summed E-state index contributed by atoms with van der Waals surface area (Å²) in [6.45, 7) is 5.79. The molecule has 162 valence electrons. The van der Waals surface area contributed by atoms with Crippen LogP contribution in [0.25, 0.3) is 0 Å². The number of carbonyl (C=O) groups excluding carboxylic acids is 1. The Labute approximate surface area is 172 Å². The molecule has 5 heteroatoms. The molecule has 1 heterocycles. The maximum atomic E-state index is 12.3. The molecule has 2 aliphatic rings. The Kier molecular flexibility index (Phi) is 10.3. The molecule has 1 aliphatic carbocycles. The van der Waals surface area contributed by atoms with Crippen molar-refractivity contribution in [3.05, 3.63) is 0 Å². The number of likely N-dealkylation sites (tertiary alicyclic amines) is 1. The Hall–Kier alpha value is -1.10. The molecule has 1 aliphatic heterocycles. The quantitative estimate of drug-likeness (QED) is 0.240. The van der Waals surface area contributed by atoms with Crippen LogP contribution in [0.1, 0.15) is 90.4 Å². The molecule has 1 saturated carbocycles. The highest BCUT2D eigenvalue weighted by Crippen LogP contribution is 2.33. The van der Waals surface area contributed by atoms with Crippen molar-refractivity contribution in [2.75, 3.05) is 26.7 Å². The van der Waals surface area contributed by atoms with Gasteiger partial charge in [-0.15, -0.1) is 0 Å². The fourth-order valence-electron chi connectivity index (χ4n) is 5.22. The van der Waals surface area contributed by atoms with Gasteiger partial charge >= 0.3 is 0 Å². The van der Waals surface area contributed by atoms with Gasteiger partial charge in [-0.3, -0.25) is 4.99 Å². The number of aliphatic imine (C=N–C) groups is 1. The Bertz CT molecular complexity index is 475. The van der Waals surface area contributed by atoms with Crippen molar-refractivity contribution in [1.82, 2.24) is 10.2 Å². The van der Waals surface area contributed by atoms with Gasteiger partial charge in [-0.25, -0.2) is 0 Å². The number of nitrogens with one attached hydrogen (secondary N) is 1. The van der Waals surface area contributed by atoms with Gasteiger partial charge in [-0.1, -0.05) is 51.9 Å². The normalized spacial score (nSPS) is 24.6. The van der Waals surface area contributed by atoms with Gasteiger partial charge in [-0.05, 0) is 63.5 Å². The lowest BCUT2D eigenvalue weighted by Gasteiger charge is -2.39. The van der Waals surface area contributed by atoms with Crippen LogP contribution < -0.4 is 11.1 Å². The van der Waals surface area contributed by atoms with Crippen molar-refractivity contribution in [1.29, 1.82) is 0 Å².